The van der Waals surface area contributed by atoms with E-state index in [-0.39, 0.29) is 25.2 Å². The van der Waals surface area contributed by atoms with Crippen LogP contribution in [0.3, 0.4) is 0 Å². The van der Waals surface area contributed by atoms with Crippen molar-refractivity contribution in [1.82, 2.24) is 0 Å². The molecule has 0 amide bonds. The average molecular weight is 202 g/mol. The first-order valence-electron chi connectivity index (χ1n) is 4.29. The van der Waals surface area contributed by atoms with Crippen LogP contribution in [0.15, 0.2) is 0 Å². The van der Waals surface area contributed by atoms with Gasteiger partial charge in [0.1, 0.15) is 18.3 Å². The number of carboxylic acid groups (broad SMARTS) is 1. The lowest BCUT2D eigenvalue weighted by molar-refractivity contribution is -0.149. The molecule has 80 valence electrons. The van der Waals surface area contributed by atoms with Crippen molar-refractivity contribution in [2.75, 3.05) is 13.7 Å². The number of aliphatic carboxylic acids is 1. The number of hydrogen-bond acceptors (Lipinski definition) is 4. The van der Waals surface area contributed by atoms with Crippen molar-refractivity contribution >= 4 is 17.5 Å². The van der Waals surface area contributed by atoms with E-state index in [4.69, 9.17) is 5.11 Å². The molecule has 0 radical (unpaired) electrons. The van der Waals surface area contributed by atoms with E-state index in [0.29, 0.717) is 0 Å². The largest absolute Gasteiger partial charge is 0.481 e. The maximum atomic E-state index is 11.2. The monoisotopic (exact) mass is 202 g/mol. The number of Topliss-reactive ketones (excluding diaryl/α,β-unsaturated/α-hetero) is 2. The highest BCUT2D eigenvalue weighted by Gasteiger charge is 2.27. The van der Waals surface area contributed by atoms with Crippen molar-refractivity contribution in [2.45, 2.75) is 19.8 Å². The molecule has 0 saturated heterocycles. The van der Waals surface area contributed by atoms with Crippen molar-refractivity contribution in [1.29, 1.82) is 0 Å². The van der Waals surface area contributed by atoms with Gasteiger partial charge in [-0.05, 0) is 0 Å². The van der Waals surface area contributed by atoms with Crippen molar-refractivity contribution in [2.24, 2.45) is 5.92 Å². The fourth-order valence-electron chi connectivity index (χ4n) is 0.954. The van der Waals surface area contributed by atoms with Gasteiger partial charge in [0.25, 0.3) is 0 Å². The standard InChI is InChI=1S/C9H14O5/c1-3-6(10)4-7(9(12)13)8(11)5-14-2/h7H,3-5H2,1-2H3,(H,12,13). The highest BCUT2D eigenvalue weighted by molar-refractivity contribution is 6.02. The Bertz CT molecular complexity index is 233. The highest BCUT2D eigenvalue weighted by atomic mass is 16.5. The lowest BCUT2D eigenvalue weighted by atomic mass is 9.97. The van der Waals surface area contributed by atoms with E-state index in [1.807, 2.05) is 0 Å². The number of carbonyl (C=O) groups is 3. The first-order valence-corrected chi connectivity index (χ1v) is 4.29. The average Bonchev–Trinajstić information content (AvgIpc) is 2.13. The number of carboxylic acids is 1. The van der Waals surface area contributed by atoms with Gasteiger partial charge in [-0.15, -0.1) is 0 Å². The number of rotatable bonds is 7. The van der Waals surface area contributed by atoms with Gasteiger partial charge >= 0.3 is 5.97 Å². The second kappa shape index (κ2) is 6.26. The molecule has 0 aromatic carbocycles. The van der Waals surface area contributed by atoms with Gasteiger partial charge in [0, 0.05) is 20.0 Å². The van der Waals surface area contributed by atoms with Crippen LogP contribution >= 0.6 is 0 Å². The Balaban J connectivity index is 4.36. The molecule has 0 aliphatic rings. The molecule has 0 aliphatic heterocycles. The van der Waals surface area contributed by atoms with E-state index in [9.17, 15) is 14.4 Å². The Hall–Kier alpha value is -1.23. The van der Waals surface area contributed by atoms with Gasteiger partial charge in [-0.1, -0.05) is 6.92 Å². The fraction of sp³-hybridized carbons (Fsp3) is 0.667. The van der Waals surface area contributed by atoms with Gasteiger partial charge in [0.2, 0.25) is 0 Å². The molecule has 1 atom stereocenters. The topological polar surface area (TPSA) is 80.7 Å². The molecule has 5 heteroatoms. The zero-order chi connectivity index (χ0) is 11.1. The van der Waals surface area contributed by atoms with Crippen LogP contribution in [0, 0.1) is 5.92 Å². The van der Waals surface area contributed by atoms with Crippen LogP contribution in [0.5, 0.6) is 0 Å². The van der Waals surface area contributed by atoms with E-state index in [1.54, 1.807) is 6.92 Å². The number of methoxy groups -OCH3 is 1. The Morgan fingerprint density at radius 2 is 1.93 bits per heavy atom. The summed E-state index contributed by atoms with van der Waals surface area (Å²) >= 11 is 0. The van der Waals surface area contributed by atoms with E-state index >= 15 is 0 Å². The molecule has 0 heterocycles. The summed E-state index contributed by atoms with van der Waals surface area (Å²) in [4.78, 5) is 32.8. The van der Waals surface area contributed by atoms with Crippen molar-refractivity contribution in [3.05, 3.63) is 0 Å². The van der Waals surface area contributed by atoms with Gasteiger partial charge < -0.3 is 9.84 Å². The van der Waals surface area contributed by atoms with E-state index in [2.05, 4.69) is 4.74 Å². The quantitative estimate of drug-likeness (QED) is 0.599. The maximum Gasteiger partial charge on any atom is 0.314 e. The van der Waals surface area contributed by atoms with Crippen LogP contribution in [-0.2, 0) is 19.1 Å². The maximum absolute atomic E-state index is 11.2. The summed E-state index contributed by atoms with van der Waals surface area (Å²) < 4.78 is 4.53. The Morgan fingerprint density at radius 3 is 2.29 bits per heavy atom. The summed E-state index contributed by atoms with van der Waals surface area (Å²) in [6, 6.07) is 0. The number of hydrogen-bond donors (Lipinski definition) is 1. The summed E-state index contributed by atoms with van der Waals surface area (Å²) in [5.74, 6) is -3.33. The van der Waals surface area contributed by atoms with Gasteiger partial charge in [-0.3, -0.25) is 14.4 Å². The molecule has 1 unspecified atom stereocenters. The minimum Gasteiger partial charge on any atom is -0.481 e. The molecular weight excluding hydrogens is 188 g/mol. The second-order valence-corrected chi connectivity index (χ2v) is 2.89. The van der Waals surface area contributed by atoms with Crippen molar-refractivity contribution in [3.8, 4) is 0 Å². The van der Waals surface area contributed by atoms with Crippen LogP contribution in [0.1, 0.15) is 19.8 Å². The Morgan fingerprint density at radius 1 is 1.36 bits per heavy atom. The van der Waals surface area contributed by atoms with Gasteiger partial charge in [0.15, 0.2) is 5.78 Å². The molecule has 0 aliphatic carbocycles. The summed E-state index contributed by atoms with van der Waals surface area (Å²) in [7, 11) is 1.30. The third kappa shape index (κ3) is 4.13. The SMILES string of the molecule is CCC(=O)CC(C(=O)O)C(=O)COC. The zero-order valence-electron chi connectivity index (χ0n) is 8.28. The predicted octanol–water partition coefficient (Wildman–Crippen LogP) is 0.272. The van der Waals surface area contributed by atoms with E-state index in [1.165, 1.54) is 7.11 Å². The summed E-state index contributed by atoms with van der Waals surface area (Å²) in [5.41, 5.74) is 0. The second-order valence-electron chi connectivity index (χ2n) is 2.89. The van der Waals surface area contributed by atoms with Crippen LogP contribution in [0.2, 0.25) is 0 Å². The number of carbonyl (C=O) groups excluding carboxylic acids is 2. The molecule has 1 N–H and O–H groups in total. The predicted molar refractivity (Wildman–Crippen MR) is 47.9 cm³/mol. The normalized spacial score (nSPS) is 12.1. The molecular formula is C9H14O5. The summed E-state index contributed by atoms with van der Waals surface area (Å²) in [6.45, 7) is 1.36. The third-order valence-electron chi connectivity index (χ3n) is 1.80. The summed E-state index contributed by atoms with van der Waals surface area (Å²) in [6.07, 6.45) is -0.00192. The lowest BCUT2D eigenvalue weighted by Gasteiger charge is -2.08. The first-order chi connectivity index (χ1) is 6.52. The fourth-order valence-corrected chi connectivity index (χ4v) is 0.954. The van der Waals surface area contributed by atoms with Gasteiger partial charge in [-0.2, -0.15) is 0 Å². The zero-order valence-corrected chi connectivity index (χ0v) is 8.28. The minimum absolute atomic E-state index is 0.234. The van der Waals surface area contributed by atoms with Crippen molar-refractivity contribution in [3.63, 3.8) is 0 Å². The molecule has 0 aromatic heterocycles. The van der Waals surface area contributed by atoms with Gasteiger partial charge in [-0.25, -0.2) is 0 Å². The Kier molecular flexibility index (Phi) is 5.71. The van der Waals surface area contributed by atoms with Crippen LogP contribution < -0.4 is 0 Å². The van der Waals surface area contributed by atoms with Crippen LogP contribution in [-0.4, -0.2) is 36.4 Å². The number of ether oxygens (including phenoxy) is 1. The summed E-state index contributed by atoms with van der Waals surface area (Å²) in [5, 5.41) is 8.69. The molecule has 0 saturated carbocycles. The highest BCUT2D eigenvalue weighted by Crippen LogP contribution is 2.07. The molecule has 0 spiro atoms. The molecule has 14 heavy (non-hydrogen) atoms. The van der Waals surface area contributed by atoms with E-state index < -0.39 is 17.7 Å². The van der Waals surface area contributed by atoms with Crippen LogP contribution in [0.4, 0.5) is 0 Å². The van der Waals surface area contributed by atoms with E-state index in [0.717, 1.165) is 0 Å². The minimum atomic E-state index is -1.27. The molecule has 0 aromatic rings. The lowest BCUT2D eigenvalue weighted by Crippen LogP contribution is -2.29. The molecule has 5 nitrogen and oxygen atoms in total. The molecule has 0 fully saturated rings. The number of ketones is 2. The van der Waals surface area contributed by atoms with Crippen molar-refractivity contribution < 1.29 is 24.2 Å². The van der Waals surface area contributed by atoms with Crippen LogP contribution in [0.25, 0.3) is 0 Å². The van der Waals surface area contributed by atoms with Gasteiger partial charge in [0.05, 0.1) is 0 Å². The third-order valence-corrected chi connectivity index (χ3v) is 1.80. The molecule has 0 bridgehead atoms. The smallest absolute Gasteiger partial charge is 0.314 e. The molecule has 0 rings (SSSR count). The Labute approximate surface area is 82.1 Å². The first kappa shape index (κ1) is 12.8.